The maximum atomic E-state index is 14.2. The quantitative estimate of drug-likeness (QED) is 0.314. The van der Waals surface area contributed by atoms with E-state index in [0.29, 0.717) is 11.3 Å². The topological polar surface area (TPSA) is 34.1 Å². The second-order valence-corrected chi connectivity index (χ2v) is 11.4. The van der Waals surface area contributed by atoms with Crippen LogP contribution in [0.3, 0.4) is 0 Å². The van der Waals surface area contributed by atoms with Crippen LogP contribution in [0.5, 0.6) is 0 Å². The van der Waals surface area contributed by atoms with Crippen molar-refractivity contribution in [2.45, 2.75) is 17.2 Å². The summed E-state index contributed by atoms with van der Waals surface area (Å²) in [5.74, 6) is 1.46. The first-order chi connectivity index (χ1) is 13.2. The Hall–Kier alpha value is -1.97. The van der Waals surface area contributed by atoms with Crippen LogP contribution in [0.15, 0.2) is 60.7 Å². The zero-order chi connectivity index (χ0) is 20.4. The van der Waals surface area contributed by atoms with Crippen molar-refractivity contribution < 1.29 is 18.1 Å². The lowest BCUT2D eigenvalue weighted by Crippen LogP contribution is -2.12. The molecule has 0 heterocycles. The van der Waals surface area contributed by atoms with E-state index in [4.69, 9.17) is 0 Å². The van der Waals surface area contributed by atoms with E-state index in [2.05, 4.69) is 12.1 Å². The summed E-state index contributed by atoms with van der Waals surface area (Å²) in [7, 11) is -3.55. The molecule has 0 spiro atoms. The Morgan fingerprint density at radius 1 is 0.893 bits per heavy atom. The molecule has 0 radical (unpaired) electrons. The molecule has 0 aliphatic carbocycles. The first-order valence-corrected chi connectivity index (χ1v) is 12.5. The van der Waals surface area contributed by atoms with Crippen molar-refractivity contribution >= 4 is 36.0 Å². The van der Waals surface area contributed by atoms with Gasteiger partial charge in [0, 0.05) is 22.6 Å². The second kappa shape index (κ2) is 8.18. The van der Waals surface area contributed by atoms with Crippen molar-refractivity contribution in [3.63, 3.8) is 0 Å². The summed E-state index contributed by atoms with van der Waals surface area (Å²) >= 11 is 1.69. The molecular weight excluding hydrogens is 397 g/mol. The van der Waals surface area contributed by atoms with Crippen molar-refractivity contribution in [2.24, 2.45) is 0 Å². The molecule has 0 unspecified atom stereocenters. The first-order valence-electron chi connectivity index (χ1n) is 8.78. The van der Waals surface area contributed by atoms with Crippen molar-refractivity contribution in [2.75, 3.05) is 13.3 Å². The van der Waals surface area contributed by atoms with E-state index in [-0.39, 0.29) is 5.56 Å². The first kappa shape index (κ1) is 20.8. The highest BCUT2D eigenvalue weighted by Crippen LogP contribution is 2.59. The highest BCUT2D eigenvalue weighted by Gasteiger charge is 2.44. The van der Waals surface area contributed by atoms with Gasteiger partial charge in [-0.3, -0.25) is 4.79 Å². The van der Waals surface area contributed by atoms with Crippen LogP contribution < -0.4 is 0 Å². The molecule has 2 nitrogen and oxygen atoms in total. The van der Waals surface area contributed by atoms with Crippen LogP contribution in [0, 0.1) is 0 Å². The minimum absolute atomic E-state index is 0.199. The molecule has 146 valence electrons. The summed E-state index contributed by atoms with van der Waals surface area (Å²) in [6.45, 7) is 2.22. The lowest BCUT2D eigenvalue weighted by atomic mass is 10.1. The summed E-state index contributed by atoms with van der Waals surface area (Å²) in [5.41, 5.74) is -0.769. The smallest absolute Gasteiger partial charge is 0.317 e. The second-order valence-electron chi connectivity index (χ2n) is 7.14. The molecule has 6 heteroatoms. The summed E-state index contributed by atoms with van der Waals surface area (Å²) in [6.07, 6.45) is 0.837. The third kappa shape index (κ3) is 4.53. The van der Waals surface area contributed by atoms with Gasteiger partial charge in [0.25, 0.3) is 0 Å². The van der Waals surface area contributed by atoms with Crippen LogP contribution in [0.2, 0.25) is 0 Å². The molecule has 0 atom stereocenters. The lowest BCUT2D eigenvalue weighted by Gasteiger charge is -2.21. The van der Waals surface area contributed by atoms with E-state index in [1.807, 2.05) is 18.2 Å². The fourth-order valence-electron chi connectivity index (χ4n) is 2.88. The van der Waals surface area contributed by atoms with Gasteiger partial charge in [0.1, 0.15) is 6.29 Å². The Kier molecular flexibility index (Phi) is 6.07. The number of hydrogen-bond donors (Lipinski definition) is 0. The summed E-state index contributed by atoms with van der Waals surface area (Å²) in [5, 5.41) is 2.11. The Balaban J connectivity index is 1.64. The molecule has 3 aromatic rings. The Morgan fingerprint density at radius 2 is 1.50 bits per heavy atom. The molecule has 0 aromatic heterocycles. The third-order valence-electron chi connectivity index (χ3n) is 4.58. The summed E-state index contributed by atoms with van der Waals surface area (Å²) in [6, 6.07) is 17.8. The number of carbonyl (C=O) groups is 1. The highest BCUT2D eigenvalue weighted by molar-refractivity contribution is 7.97. The number of hydrogen-bond acceptors (Lipinski definition) is 3. The average Bonchev–Trinajstić information content (AvgIpc) is 2.67. The van der Waals surface area contributed by atoms with Gasteiger partial charge in [0.05, 0.1) is 0 Å². The molecular formula is C22H21F2O2PS. The number of carbonyl (C=O) groups excluding carboxylic acids is 1. The van der Waals surface area contributed by atoms with Gasteiger partial charge in [-0.05, 0) is 41.3 Å². The number of benzene rings is 3. The van der Waals surface area contributed by atoms with Crippen LogP contribution in [0.1, 0.15) is 27.0 Å². The van der Waals surface area contributed by atoms with Gasteiger partial charge < -0.3 is 4.57 Å². The SMILES string of the molecule is CP(C)(=O)C(F)(F)c1ccc(CSCc2ccc3ccc(C=O)cc3c2)cc1. The molecule has 28 heavy (non-hydrogen) atoms. The standard InChI is InChI=1S/C22H21F2O2PS/c1-27(2,26)22(23,24)21-9-5-16(6-10-21)14-28-15-18-4-8-19-7-3-17(13-25)11-20(19)12-18/h3-13H,14-15H2,1-2H3. The molecule has 0 saturated heterocycles. The molecule has 0 saturated carbocycles. The Labute approximate surface area is 167 Å². The number of alkyl halides is 2. The van der Waals surface area contributed by atoms with Crippen LogP contribution >= 0.6 is 18.9 Å². The van der Waals surface area contributed by atoms with Crippen LogP contribution in [0.4, 0.5) is 8.78 Å². The predicted molar refractivity (Wildman–Crippen MR) is 114 cm³/mol. The van der Waals surface area contributed by atoms with Crippen LogP contribution in [0.25, 0.3) is 10.8 Å². The maximum absolute atomic E-state index is 14.2. The fraction of sp³-hybridized carbons (Fsp3) is 0.227. The number of halogens is 2. The molecule has 0 fully saturated rings. The van der Waals surface area contributed by atoms with Gasteiger partial charge in [-0.25, -0.2) is 0 Å². The van der Waals surface area contributed by atoms with Crippen molar-refractivity contribution in [3.05, 3.63) is 82.9 Å². The van der Waals surface area contributed by atoms with E-state index >= 15 is 0 Å². The molecule has 0 aliphatic heterocycles. The third-order valence-corrected chi connectivity index (χ3v) is 7.27. The number of aldehydes is 1. The zero-order valence-electron chi connectivity index (χ0n) is 15.7. The Morgan fingerprint density at radius 3 is 2.14 bits per heavy atom. The molecule has 0 bridgehead atoms. The van der Waals surface area contributed by atoms with Crippen LogP contribution in [-0.4, -0.2) is 19.6 Å². The average molecular weight is 418 g/mol. The number of fused-ring (bicyclic) bond motifs is 1. The normalized spacial score (nSPS) is 12.3. The summed E-state index contributed by atoms with van der Waals surface area (Å²) in [4.78, 5) is 10.9. The lowest BCUT2D eigenvalue weighted by molar-refractivity contribution is 0.0893. The molecule has 3 rings (SSSR count). The van der Waals surface area contributed by atoms with E-state index in [1.165, 1.54) is 12.1 Å². The molecule has 0 amide bonds. The van der Waals surface area contributed by atoms with Gasteiger partial charge in [-0.15, -0.1) is 0 Å². The van der Waals surface area contributed by atoms with E-state index < -0.39 is 12.8 Å². The maximum Gasteiger partial charge on any atom is 0.322 e. The summed E-state index contributed by atoms with van der Waals surface area (Å²) < 4.78 is 40.1. The van der Waals surface area contributed by atoms with Crippen molar-refractivity contribution in [1.82, 2.24) is 0 Å². The zero-order valence-corrected chi connectivity index (χ0v) is 17.4. The fourth-order valence-corrected chi connectivity index (χ4v) is 4.59. The monoisotopic (exact) mass is 418 g/mol. The largest absolute Gasteiger partial charge is 0.322 e. The van der Waals surface area contributed by atoms with Crippen molar-refractivity contribution in [3.8, 4) is 0 Å². The highest BCUT2D eigenvalue weighted by atomic mass is 32.2. The Bertz CT molecular complexity index is 1040. The van der Waals surface area contributed by atoms with E-state index in [0.717, 1.165) is 47.3 Å². The van der Waals surface area contributed by atoms with Crippen molar-refractivity contribution in [1.29, 1.82) is 0 Å². The minimum atomic E-state index is -3.55. The van der Waals surface area contributed by atoms with Gasteiger partial charge in [0.2, 0.25) is 0 Å². The van der Waals surface area contributed by atoms with Crippen LogP contribution in [-0.2, 0) is 21.7 Å². The molecule has 0 N–H and O–H groups in total. The molecule has 0 aliphatic rings. The number of rotatable bonds is 7. The van der Waals surface area contributed by atoms with Gasteiger partial charge >= 0.3 is 5.66 Å². The number of thioether (sulfide) groups is 1. The van der Waals surface area contributed by atoms with E-state index in [9.17, 15) is 18.1 Å². The predicted octanol–water partition coefficient (Wildman–Crippen LogP) is 6.76. The minimum Gasteiger partial charge on any atom is -0.317 e. The molecule has 3 aromatic carbocycles. The van der Waals surface area contributed by atoms with E-state index in [1.54, 1.807) is 30.0 Å². The van der Waals surface area contributed by atoms with Gasteiger partial charge in [-0.2, -0.15) is 20.5 Å². The van der Waals surface area contributed by atoms with Gasteiger partial charge in [-0.1, -0.05) is 54.6 Å². The van der Waals surface area contributed by atoms with Gasteiger partial charge in [0.15, 0.2) is 7.14 Å².